The van der Waals surface area contributed by atoms with Crippen LogP contribution in [0.5, 0.6) is 0 Å². The monoisotopic (exact) mass is 535 g/mol. The van der Waals surface area contributed by atoms with Gasteiger partial charge in [-0.1, -0.05) is 29.3 Å². The van der Waals surface area contributed by atoms with Crippen molar-refractivity contribution in [3.63, 3.8) is 0 Å². The maximum absolute atomic E-state index is 13.3. The molecule has 1 aliphatic rings. The van der Waals surface area contributed by atoms with E-state index in [2.05, 4.69) is 10.6 Å². The molecule has 0 aromatic heterocycles. The van der Waals surface area contributed by atoms with Gasteiger partial charge < -0.3 is 10.6 Å². The molecule has 3 aromatic rings. The highest BCUT2D eigenvalue weighted by atomic mass is 35.5. The minimum atomic E-state index is -1.34. The van der Waals surface area contributed by atoms with E-state index in [1.807, 2.05) is 6.07 Å². The van der Waals surface area contributed by atoms with Crippen molar-refractivity contribution in [2.75, 3.05) is 10.6 Å². The van der Waals surface area contributed by atoms with E-state index in [0.717, 1.165) is 12.1 Å². The molecule has 5 nitrogen and oxygen atoms in total. The van der Waals surface area contributed by atoms with Gasteiger partial charge in [-0.25, -0.2) is 4.39 Å². The first-order valence-corrected chi connectivity index (χ1v) is 11.4. The van der Waals surface area contributed by atoms with Crippen LogP contribution in [-0.2, 0) is 4.79 Å². The summed E-state index contributed by atoms with van der Waals surface area (Å²) in [6.07, 6.45) is 0. The topological polar surface area (TPSA) is 82.0 Å². The maximum atomic E-state index is 13.3. The van der Waals surface area contributed by atoms with Crippen molar-refractivity contribution in [1.82, 2.24) is 0 Å². The molecule has 0 radical (unpaired) electrons. The molecule has 2 atom stereocenters. The molecule has 2 N–H and O–H groups in total. The summed E-state index contributed by atoms with van der Waals surface area (Å²) in [5, 5.41) is 15.2. The van der Waals surface area contributed by atoms with Gasteiger partial charge in [0.05, 0.1) is 17.2 Å². The van der Waals surface area contributed by atoms with E-state index in [0.29, 0.717) is 21.3 Å². The average Bonchev–Trinajstić information content (AvgIpc) is 3.36. The Kier molecular flexibility index (Phi) is 6.75. The fourth-order valence-corrected chi connectivity index (χ4v) is 5.06. The molecular formula is C24H14Cl4FN3O2. The molecule has 172 valence electrons. The number of carbonyl (C=O) groups is 2. The lowest BCUT2D eigenvalue weighted by Crippen LogP contribution is -2.18. The molecule has 0 unspecified atom stereocenters. The third-order valence-corrected chi connectivity index (χ3v) is 6.70. The van der Waals surface area contributed by atoms with Gasteiger partial charge in [0, 0.05) is 27.2 Å². The van der Waals surface area contributed by atoms with E-state index in [4.69, 9.17) is 51.7 Å². The summed E-state index contributed by atoms with van der Waals surface area (Å²) in [6, 6.07) is 16.3. The molecule has 1 fully saturated rings. The Bertz CT molecular complexity index is 1340. The first-order chi connectivity index (χ1) is 16.1. The van der Waals surface area contributed by atoms with Crippen LogP contribution in [0.1, 0.15) is 27.4 Å². The normalized spacial score (nSPS) is 18.0. The van der Waals surface area contributed by atoms with Crippen molar-refractivity contribution in [3.8, 4) is 6.07 Å². The Balaban J connectivity index is 1.49. The van der Waals surface area contributed by atoms with Crippen LogP contribution >= 0.6 is 46.4 Å². The number of nitriles is 1. The van der Waals surface area contributed by atoms with Crippen LogP contribution in [0.15, 0.2) is 60.7 Å². The van der Waals surface area contributed by atoms with Crippen molar-refractivity contribution in [2.24, 2.45) is 5.92 Å². The molecule has 3 aromatic carbocycles. The zero-order valence-corrected chi connectivity index (χ0v) is 20.1. The second-order valence-electron chi connectivity index (χ2n) is 7.66. The molecule has 0 heterocycles. The Hall–Kier alpha value is -2.82. The van der Waals surface area contributed by atoms with E-state index in [-0.39, 0.29) is 16.8 Å². The predicted octanol–water partition coefficient (Wildman–Crippen LogP) is 6.78. The maximum Gasteiger partial charge on any atom is 0.255 e. The van der Waals surface area contributed by atoms with Crippen molar-refractivity contribution in [3.05, 3.63) is 93.2 Å². The van der Waals surface area contributed by atoms with Crippen LogP contribution in [0.4, 0.5) is 15.8 Å². The smallest absolute Gasteiger partial charge is 0.255 e. The fourth-order valence-electron chi connectivity index (χ4n) is 3.69. The Morgan fingerprint density at radius 1 is 0.971 bits per heavy atom. The summed E-state index contributed by atoms with van der Waals surface area (Å²) < 4.78 is 12.0. The average molecular weight is 537 g/mol. The standard InChI is InChI=1S/C24H14Cl4FN3O2/c25-15-6-13(7-16(26)10-15)20-21(24(20,27)28)23(34)31-18-3-1-2-12(9-18)22(33)32-19-5-4-17(29)8-14(19)11-30/h1-10,20-21H,(H,31,34)(H,32,33)/t20-,21+/m0/s1. The quantitative estimate of drug-likeness (QED) is 0.352. The molecule has 34 heavy (non-hydrogen) atoms. The van der Waals surface area contributed by atoms with Crippen molar-refractivity contribution in [1.29, 1.82) is 5.26 Å². The van der Waals surface area contributed by atoms with E-state index in [9.17, 15) is 14.0 Å². The molecule has 4 rings (SSSR count). The highest BCUT2D eigenvalue weighted by molar-refractivity contribution is 6.53. The number of benzene rings is 3. The first-order valence-electron chi connectivity index (χ1n) is 9.86. The van der Waals surface area contributed by atoms with Gasteiger partial charge in [-0.05, 0) is 60.2 Å². The third kappa shape index (κ3) is 4.98. The molecular weight excluding hydrogens is 523 g/mol. The fraction of sp³-hybridized carbons (Fsp3) is 0.125. The lowest BCUT2D eigenvalue weighted by molar-refractivity contribution is -0.117. The Morgan fingerprint density at radius 2 is 1.68 bits per heavy atom. The number of halogens is 5. The van der Waals surface area contributed by atoms with E-state index in [1.165, 1.54) is 18.2 Å². The van der Waals surface area contributed by atoms with Crippen LogP contribution in [0, 0.1) is 23.1 Å². The second-order valence-corrected chi connectivity index (χ2v) is 9.98. The number of nitrogens with zero attached hydrogens (tertiary/aromatic N) is 1. The molecule has 0 aliphatic heterocycles. The van der Waals surface area contributed by atoms with Crippen molar-refractivity contribution in [2.45, 2.75) is 10.3 Å². The predicted molar refractivity (Wildman–Crippen MR) is 131 cm³/mol. The largest absolute Gasteiger partial charge is 0.326 e. The zero-order chi connectivity index (χ0) is 24.6. The van der Waals surface area contributed by atoms with Gasteiger partial charge in [0.25, 0.3) is 5.91 Å². The van der Waals surface area contributed by atoms with E-state index < -0.39 is 33.8 Å². The third-order valence-electron chi connectivity index (χ3n) is 5.32. The number of nitrogens with one attached hydrogen (secondary N) is 2. The zero-order valence-electron chi connectivity index (χ0n) is 17.1. The van der Waals surface area contributed by atoms with Crippen molar-refractivity contribution < 1.29 is 14.0 Å². The van der Waals surface area contributed by atoms with Gasteiger partial charge in [-0.15, -0.1) is 23.2 Å². The molecule has 1 saturated carbocycles. The summed E-state index contributed by atoms with van der Waals surface area (Å²) >= 11 is 24.9. The Morgan fingerprint density at radius 3 is 2.35 bits per heavy atom. The summed E-state index contributed by atoms with van der Waals surface area (Å²) in [7, 11) is 0. The molecule has 2 amide bonds. The number of carbonyl (C=O) groups excluding carboxylic acids is 2. The minimum Gasteiger partial charge on any atom is -0.326 e. The van der Waals surface area contributed by atoms with Gasteiger partial charge in [-0.2, -0.15) is 5.26 Å². The summed E-state index contributed by atoms with van der Waals surface area (Å²) in [5.74, 6) is -2.84. The molecule has 10 heteroatoms. The van der Waals surface area contributed by atoms with Crippen LogP contribution in [0.3, 0.4) is 0 Å². The van der Waals surface area contributed by atoms with Crippen LogP contribution in [-0.4, -0.2) is 16.1 Å². The number of hydrogen-bond donors (Lipinski definition) is 2. The highest BCUT2D eigenvalue weighted by Gasteiger charge is 2.67. The molecule has 0 saturated heterocycles. The van der Waals surface area contributed by atoms with Crippen LogP contribution < -0.4 is 10.6 Å². The minimum absolute atomic E-state index is 0.0146. The number of alkyl halides is 2. The van der Waals surface area contributed by atoms with Gasteiger partial charge in [0.2, 0.25) is 5.91 Å². The van der Waals surface area contributed by atoms with Crippen molar-refractivity contribution >= 4 is 69.6 Å². The van der Waals surface area contributed by atoms with Gasteiger partial charge in [0.1, 0.15) is 16.2 Å². The summed E-state index contributed by atoms with van der Waals surface area (Å²) in [6.45, 7) is 0. The number of anilines is 2. The Labute approximate surface area is 214 Å². The van der Waals surface area contributed by atoms with E-state index >= 15 is 0 Å². The van der Waals surface area contributed by atoms with Gasteiger partial charge >= 0.3 is 0 Å². The lowest BCUT2D eigenvalue weighted by Gasteiger charge is -2.10. The molecule has 0 spiro atoms. The van der Waals surface area contributed by atoms with Crippen LogP contribution in [0.2, 0.25) is 10.0 Å². The first kappa shape index (κ1) is 24.3. The molecule has 1 aliphatic carbocycles. The summed E-state index contributed by atoms with van der Waals surface area (Å²) in [5.41, 5.74) is 1.35. The molecule has 0 bridgehead atoms. The van der Waals surface area contributed by atoms with Gasteiger partial charge in [0.15, 0.2) is 0 Å². The van der Waals surface area contributed by atoms with E-state index in [1.54, 1.807) is 30.3 Å². The summed E-state index contributed by atoms with van der Waals surface area (Å²) in [4.78, 5) is 25.6. The number of amides is 2. The number of hydrogen-bond acceptors (Lipinski definition) is 3. The highest BCUT2D eigenvalue weighted by Crippen LogP contribution is 2.65. The second kappa shape index (κ2) is 9.44. The SMILES string of the molecule is N#Cc1cc(F)ccc1NC(=O)c1cccc(NC(=O)[C@H]2[C@H](c3cc(Cl)cc(Cl)c3)C2(Cl)Cl)c1. The number of rotatable bonds is 5. The lowest BCUT2D eigenvalue weighted by atomic mass is 10.1. The van der Waals surface area contributed by atoms with Gasteiger partial charge in [-0.3, -0.25) is 9.59 Å². The van der Waals surface area contributed by atoms with Crippen LogP contribution in [0.25, 0.3) is 0 Å².